The van der Waals surface area contributed by atoms with E-state index in [-0.39, 0.29) is 11.9 Å². The van der Waals surface area contributed by atoms with Crippen LogP contribution >= 0.6 is 0 Å². The van der Waals surface area contributed by atoms with E-state index in [1.54, 1.807) is 6.07 Å². The number of carbonyl (C=O) groups excluding carboxylic acids is 1. The van der Waals surface area contributed by atoms with Crippen LogP contribution in [0.2, 0.25) is 0 Å². The highest BCUT2D eigenvalue weighted by atomic mass is 16.1. The third kappa shape index (κ3) is 1.92. The molecule has 4 N–H and O–H groups in total. The molecule has 1 atom stereocenters. The Morgan fingerprint density at radius 1 is 1.50 bits per heavy atom. The molecule has 0 spiro atoms. The predicted molar refractivity (Wildman–Crippen MR) is 64.3 cm³/mol. The quantitative estimate of drug-likeness (QED) is 0.724. The number of fused-ring (bicyclic) bond motifs is 1. The van der Waals surface area contributed by atoms with Crippen molar-refractivity contribution in [2.24, 2.45) is 5.73 Å². The number of aromatic amines is 1. The number of nitrogens with one attached hydrogen (secondary N) is 2. The van der Waals surface area contributed by atoms with E-state index in [4.69, 9.17) is 5.73 Å². The predicted octanol–water partition coefficient (Wildman–Crippen LogP) is 1.24. The Kier molecular flexibility index (Phi) is 2.92. The van der Waals surface area contributed by atoms with Gasteiger partial charge in [-0.1, -0.05) is 12.1 Å². The fraction of sp³-hybridized carbons (Fsp3) is 0.250. The average Bonchev–Trinajstić information content (AvgIpc) is 2.76. The van der Waals surface area contributed by atoms with Gasteiger partial charge in [0, 0.05) is 24.2 Å². The van der Waals surface area contributed by atoms with E-state index in [1.165, 1.54) is 0 Å². The minimum atomic E-state index is -0.0917. The van der Waals surface area contributed by atoms with E-state index in [9.17, 15) is 4.79 Å². The molecule has 1 aromatic carbocycles. The molecule has 0 saturated heterocycles. The van der Waals surface area contributed by atoms with E-state index in [0.29, 0.717) is 12.1 Å². The molecule has 4 heteroatoms. The largest absolute Gasteiger partial charge is 0.361 e. The first-order valence-electron chi connectivity index (χ1n) is 5.29. The number of para-hydroxylation sites is 1. The molecule has 1 amide bonds. The Morgan fingerprint density at radius 3 is 3.06 bits per heavy atom. The van der Waals surface area contributed by atoms with E-state index in [2.05, 4.69) is 10.3 Å². The highest BCUT2D eigenvalue weighted by Gasteiger charge is 2.12. The Morgan fingerprint density at radius 2 is 2.31 bits per heavy atom. The van der Waals surface area contributed by atoms with Gasteiger partial charge in [0.1, 0.15) is 0 Å². The molecule has 84 valence electrons. The molecule has 1 aromatic heterocycles. The number of benzene rings is 1. The second kappa shape index (κ2) is 4.37. The maximum absolute atomic E-state index is 11.9. The molecule has 0 aliphatic heterocycles. The molecular formula is C12H15N3O. The summed E-state index contributed by atoms with van der Waals surface area (Å²) in [5.41, 5.74) is 6.99. The van der Waals surface area contributed by atoms with Crippen molar-refractivity contribution in [1.82, 2.24) is 10.3 Å². The summed E-state index contributed by atoms with van der Waals surface area (Å²) in [6.45, 7) is 2.32. The van der Waals surface area contributed by atoms with Crippen LogP contribution in [0.1, 0.15) is 17.3 Å². The van der Waals surface area contributed by atoms with E-state index in [1.807, 2.05) is 31.3 Å². The van der Waals surface area contributed by atoms with Crippen LogP contribution < -0.4 is 11.1 Å². The first kappa shape index (κ1) is 10.7. The smallest absolute Gasteiger partial charge is 0.253 e. The molecule has 0 radical (unpaired) electrons. The van der Waals surface area contributed by atoms with Gasteiger partial charge in [0.25, 0.3) is 5.91 Å². The van der Waals surface area contributed by atoms with Gasteiger partial charge in [-0.2, -0.15) is 0 Å². The summed E-state index contributed by atoms with van der Waals surface area (Å²) in [6.07, 6.45) is 1.83. The fourth-order valence-electron chi connectivity index (χ4n) is 1.63. The minimum absolute atomic E-state index is 0.0160. The van der Waals surface area contributed by atoms with Crippen molar-refractivity contribution in [2.75, 3.05) is 6.54 Å². The Hall–Kier alpha value is -1.81. The molecule has 0 bridgehead atoms. The zero-order chi connectivity index (χ0) is 11.5. The Labute approximate surface area is 93.8 Å². The second-order valence-electron chi connectivity index (χ2n) is 3.86. The van der Waals surface area contributed by atoms with Crippen LogP contribution in [0, 0.1) is 0 Å². The lowest BCUT2D eigenvalue weighted by Gasteiger charge is -2.11. The van der Waals surface area contributed by atoms with Crippen molar-refractivity contribution in [1.29, 1.82) is 0 Å². The van der Waals surface area contributed by atoms with Gasteiger partial charge < -0.3 is 16.0 Å². The lowest BCUT2D eigenvalue weighted by atomic mass is 10.1. The summed E-state index contributed by atoms with van der Waals surface area (Å²) in [6, 6.07) is 7.57. The van der Waals surface area contributed by atoms with Crippen LogP contribution in [0.5, 0.6) is 0 Å². The number of carbonyl (C=O) groups is 1. The summed E-state index contributed by atoms with van der Waals surface area (Å²) in [7, 11) is 0. The van der Waals surface area contributed by atoms with Gasteiger partial charge in [-0.05, 0) is 19.1 Å². The Bertz CT molecular complexity index is 504. The van der Waals surface area contributed by atoms with Crippen LogP contribution in [0.3, 0.4) is 0 Å². The SMILES string of the molecule is CC(CN)NC(=O)c1cccc2cc[nH]c12. The topological polar surface area (TPSA) is 70.9 Å². The molecule has 0 aliphatic carbocycles. The number of H-pyrrole nitrogens is 1. The summed E-state index contributed by atoms with van der Waals surface area (Å²) < 4.78 is 0. The van der Waals surface area contributed by atoms with Crippen molar-refractivity contribution in [3.05, 3.63) is 36.0 Å². The number of hydrogen-bond acceptors (Lipinski definition) is 2. The summed E-state index contributed by atoms with van der Waals surface area (Å²) in [5, 5.41) is 3.88. The third-order valence-corrected chi connectivity index (χ3v) is 2.56. The van der Waals surface area contributed by atoms with Gasteiger partial charge in [0.15, 0.2) is 0 Å². The molecule has 16 heavy (non-hydrogen) atoms. The maximum Gasteiger partial charge on any atom is 0.253 e. The normalized spacial score (nSPS) is 12.6. The monoisotopic (exact) mass is 217 g/mol. The van der Waals surface area contributed by atoms with Crippen LogP contribution in [0.25, 0.3) is 10.9 Å². The van der Waals surface area contributed by atoms with E-state index in [0.717, 1.165) is 10.9 Å². The van der Waals surface area contributed by atoms with Crippen molar-refractivity contribution in [3.63, 3.8) is 0 Å². The van der Waals surface area contributed by atoms with Crippen molar-refractivity contribution >= 4 is 16.8 Å². The first-order chi connectivity index (χ1) is 7.72. The lowest BCUT2D eigenvalue weighted by Crippen LogP contribution is -2.37. The zero-order valence-electron chi connectivity index (χ0n) is 9.16. The fourth-order valence-corrected chi connectivity index (χ4v) is 1.63. The minimum Gasteiger partial charge on any atom is -0.361 e. The van der Waals surface area contributed by atoms with Gasteiger partial charge in [-0.15, -0.1) is 0 Å². The number of amides is 1. The highest BCUT2D eigenvalue weighted by Crippen LogP contribution is 2.16. The van der Waals surface area contributed by atoms with Gasteiger partial charge in [-0.3, -0.25) is 4.79 Å². The molecular weight excluding hydrogens is 202 g/mol. The average molecular weight is 217 g/mol. The van der Waals surface area contributed by atoms with Gasteiger partial charge >= 0.3 is 0 Å². The van der Waals surface area contributed by atoms with Crippen molar-refractivity contribution < 1.29 is 4.79 Å². The van der Waals surface area contributed by atoms with E-state index >= 15 is 0 Å². The first-order valence-corrected chi connectivity index (χ1v) is 5.29. The van der Waals surface area contributed by atoms with Crippen LogP contribution in [0.15, 0.2) is 30.5 Å². The van der Waals surface area contributed by atoms with Gasteiger partial charge in [0.05, 0.1) is 11.1 Å². The van der Waals surface area contributed by atoms with Crippen molar-refractivity contribution in [2.45, 2.75) is 13.0 Å². The lowest BCUT2D eigenvalue weighted by molar-refractivity contribution is 0.0943. The third-order valence-electron chi connectivity index (χ3n) is 2.56. The standard InChI is InChI=1S/C12H15N3O/c1-8(7-13)15-12(16)10-4-2-3-9-5-6-14-11(9)10/h2-6,8,14H,7,13H2,1H3,(H,15,16). The molecule has 1 heterocycles. The highest BCUT2D eigenvalue weighted by molar-refractivity contribution is 6.05. The molecule has 0 aliphatic rings. The summed E-state index contributed by atoms with van der Waals surface area (Å²) in [5.74, 6) is -0.0917. The molecule has 4 nitrogen and oxygen atoms in total. The van der Waals surface area contributed by atoms with Crippen LogP contribution in [0.4, 0.5) is 0 Å². The second-order valence-corrected chi connectivity index (χ2v) is 3.86. The van der Waals surface area contributed by atoms with Gasteiger partial charge in [-0.25, -0.2) is 0 Å². The van der Waals surface area contributed by atoms with Crippen LogP contribution in [-0.2, 0) is 0 Å². The van der Waals surface area contributed by atoms with E-state index < -0.39 is 0 Å². The zero-order valence-corrected chi connectivity index (χ0v) is 9.16. The molecule has 1 unspecified atom stereocenters. The number of nitrogens with two attached hydrogens (primary N) is 1. The van der Waals surface area contributed by atoms with Gasteiger partial charge in [0.2, 0.25) is 0 Å². The molecule has 0 saturated carbocycles. The number of aromatic nitrogens is 1. The maximum atomic E-state index is 11.9. The molecule has 2 aromatic rings. The van der Waals surface area contributed by atoms with Crippen LogP contribution in [-0.4, -0.2) is 23.5 Å². The molecule has 2 rings (SSSR count). The molecule has 0 fully saturated rings. The van der Waals surface area contributed by atoms with Crippen molar-refractivity contribution in [3.8, 4) is 0 Å². The Balaban J connectivity index is 2.32. The summed E-state index contributed by atoms with van der Waals surface area (Å²) in [4.78, 5) is 15.0. The number of hydrogen-bond donors (Lipinski definition) is 3. The summed E-state index contributed by atoms with van der Waals surface area (Å²) >= 11 is 0. The number of rotatable bonds is 3.